The van der Waals surface area contributed by atoms with Gasteiger partial charge in [-0.2, -0.15) is 4.31 Å². The second-order valence-electron chi connectivity index (χ2n) is 6.79. The van der Waals surface area contributed by atoms with Crippen molar-refractivity contribution in [3.63, 3.8) is 0 Å². The molecule has 3 rings (SSSR count). The van der Waals surface area contributed by atoms with Gasteiger partial charge in [0.25, 0.3) is 0 Å². The number of carbonyl (C=O) groups is 1. The van der Waals surface area contributed by atoms with Crippen LogP contribution in [0.2, 0.25) is 0 Å². The van der Waals surface area contributed by atoms with Gasteiger partial charge in [0, 0.05) is 32.5 Å². The van der Waals surface area contributed by atoms with Gasteiger partial charge in [-0.05, 0) is 41.8 Å². The average Bonchev–Trinajstić information content (AvgIpc) is 2.69. The molecule has 2 heterocycles. The Labute approximate surface area is 160 Å². The van der Waals surface area contributed by atoms with E-state index in [1.54, 1.807) is 48.6 Å². The summed E-state index contributed by atoms with van der Waals surface area (Å²) in [6.45, 7) is 2.77. The summed E-state index contributed by atoms with van der Waals surface area (Å²) >= 11 is 0. The van der Waals surface area contributed by atoms with E-state index in [2.05, 4.69) is 4.98 Å². The molecule has 0 radical (unpaired) electrons. The number of likely N-dealkylation sites (N-methyl/N-ethyl adjacent to an activating group) is 1. The molecule has 0 N–H and O–H groups in total. The summed E-state index contributed by atoms with van der Waals surface area (Å²) in [4.78, 5) is 18.4. The van der Waals surface area contributed by atoms with Gasteiger partial charge in [0.1, 0.15) is 6.04 Å². The van der Waals surface area contributed by atoms with Crippen LogP contribution in [-0.2, 0) is 14.8 Å². The number of nitrogens with zero attached hydrogens (tertiary/aromatic N) is 3. The summed E-state index contributed by atoms with van der Waals surface area (Å²) in [6, 6.07) is 9.96. The molecule has 1 atom stereocenters. The van der Waals surface area contributed by atoms with Crippen molar-refractivity contribution in [1.82, 2.24) is 14.2 Å². The Bertz CT molecular complexity index is 882. The maximum atomic E-state index is 13.2. The number of benzene rings is 1. The van der Waals surface area contributed by atoms with Gasteiger partial charge in [-0.3, -0.25) is 9.78 Å². The molecule has 0 aliphatic carbocycles. The van der Waals surface area contributed by atoms with E-state index >= 15 is 0 Å². The molecule has 1 aliphatic rings. The lowest BCUT2D eigenvalue weighted by atomic mass is 10.1. The van der Waals surface area contributed by atoms with Crippen molar-refractivity contribution in [2.45, 2.75) is 37.1 Å². The Hall–Kier alpha value is -2.25. The van der Waals surface area contributed by atoms with Crippen LogP contribution in [0.1, 0.15) is 26.2 Å². The van der Waals surface area contributed by atoms with Gasteiger partial charge in [-0.15, -0.1) is 0 Å². The molecule has 1 aliphatic heterocycles. The van der Waals surface area contributed by atoms with Gasteiger partial charge >= 0.3 is 0 Å². The minimum absolute atomic E-state index is 0.119. The molecule has 27 heavy (non-hydrogen) atoms. The molecule has 1 saturated heterocycles. The summed E-state index contributed by atoms with van der Waals surface area (Å²) in [5, 5.41) is 0. The standard InChI is InChI=1S/C20H25N3O3S/c1-3-4-5-19-20(24)22(2)14-15-23(19)27(25,26)18-8-6-16(7-9-18)17-10-12-21-13-11-17/h6-13,19H,3-5,14-15H2,1-2H3. The predicted molar refractivity (Wildman–Crippen MR) is 105 cm³/mol. The predicted octanol–water partition coefficient (Wildman–Crippen LogP) is 2.77. The molecule has 1 amide bonds. The van der Waals surface area contributed by atoms with E-state index in [0.29, 0.717) is 19.5 Å². The van der Waals surface area contributed by atoms with Crippen molar-refractivity contribution < 1.29 is 13.2 Å². The largest absolute Gasteiger partial charge is 0.343 e. The molecule has 1 unspecified atom stereocenters. The smallest absolute Gasteiger partial charge is 0.243 e. The zero-order valence-corrected chi connectivity index (χ0v) is 16.5. The number of unbranched alkanes of at least 4 members (excludes halogenated alkanes) is 1. The number of amides is 1. The van der Waals surface area contributed by atoms with Crippen molar-refractivity contribution in [2.24, 2.45) is 0 Å². The van der Waals surface area contributed by atoms with Crippen LogP contribution in [0, 0.1) is 0 Å². The highest BCUT2D eigenvalue weighted by Gasteiger charge is 2.40. The molecule has 6 nitrogen and oxygen atoms in total. The fraction of sp³-hybridized carbons (Fsp3) is 0.400. The summed E-state index contributed by atoms with van der Waals surface area (Å²) in [7, 11) is -1.99. The Morgan fingerprint density at radius 2 is 1.67 bits per heavy atom. The molecule has 2 aromatic rings. The van der Waals surface area contributed by atoms with Crippen molar-refractivity contribution in [3.8, 4) is 11.1 Å². The van der Waals surface area contributed by atoms with Crippen LogP contribution >= 0.6 is 0 Å². The van der Waals surface area contributed by atoms with Crippen LogP contribution in [0.15, 0.2) is 53.7 Å². The normalized spacial score (nSPS) is 18.7. The Morgan fingerprint density at radius 3 is 2.30 bits per heavy atom. The van der Waals surface area contributed by atoms with E-state index in [9.17, 15) is 13.2 Å². The van der Waals surface area contributed by atoms with Gasteiger partial charge < -0.3 is 4.90 Å². The zero-order chi connectivity index (χ0) is 19.4. The SMILES string of the molecule is CCCCC1C(=O)N(C)CCN1S(=O)(=O)c1ccc(-c2ccncc2)cc1. The maximum Gasteiger partial charge on any atom is 0.243 e. The summed E-state index contributed by atoms with van der Waals surface area (Å²) in [5.74, 6) is -0.119. The first-order valence-electron chi connectivity index (χ1n) is 9.22. The number of rotatable bonds is 6. The molecular weight excluding hydrogens is 362 g/mol. The molecule has 144 valence electrons. The van der Waals surface area contributed by atoms with E-state index in [0.717, 1.165) is 24.0 Å². The first-order chi connectivity index (χ1) is 12.9. The lowest BCUT2D eigenvalue weighted by Gasteiger charge is -2.38. The van der Waals surface area contributed by atoms with E-state index in [1.807, 2.05) is 19.1 Å². The van der Waals surface area contributed by atoms with Crippen molar-refractivity contribution in [1.29, 1.82) is 0 Å². The molecule has 0 saturated carbocycles. The summed E-state index contributed by atoms with van der Waals surface area (Å²) in [5.41, 5.74) is 1.90. The Morgan fingerprint density at radius 1 is 1.04 bits per heavy atom. The van der Waals surface area contributed by atoms with Crippen molar-refractivity contribution >= 4 is 15.9 Å². The van der Waals surface area contributed by atoms with Gasteiger partial charge in [0.2, 0.25) is 15.9 Å². The topological polar surface area (TPSA) is 70.6 Å². The maximum absolute atomic E-state index is 13.2. The Balaban J connectivity index is 1.89. The molecule has 7 heteroatoms. The highest BCUT2D eigenvalue weighted by Crippen LogP contribution is 2.27. The lowest BCUT2D eigenvalue weighted by Crippen LogP contribution is -2.57. The van der Waals surface area contributed by atoms with Gasteiger partial charge in [0.05, 0.1) is 4.90 Å². The number of hydrogen-bond donors (Lipinski definition) is 0. The Kier molecular flexibility index (Phi) is 5.92. The first-order valence-corrected chi connectivity index (χ1v) is 10.7. The van der Waals surface area contributed by atoms with Crippen molar-refractivity contribution in [2.75, 3.05) is 20.1 Å². The summed E-state index contributed by atoms with van der Waals surface area (Å²) < 4.78 is 27.8. The second-order valence-corrected chi connectivity index (χ2v) is 8.68. The first kappa shape index (κ1) is 19.5. The van der Waals surface area contributed by atoms with E-state index in [1.165, 1.54) is 4.31 Å². The molecule has 1 aromatic carbocycles. The van der Waals surface area contributed by atoms with Crippen LogP contribution in [0.25, 0.3) is 11.1 Å². The number of piperazine rings is 1. The molecule has 0 spiro atoms. The number of sulfonamides is 1. The van der Waals surface area contributed by atoms with Crippen LogP contribution in [-0.4, -0.2) is 54.7 Å². The lowest BCUT2D eigenvalue weighted by molar-refractivity contribution is -0.137. The van der Waals surface area contributed by atoms with Gasteiger partial charge in [-0.25, -0.2) is 8.42 Å². The minimum atomic E-state index is -3.72. The number of hydrogen-bond acceptors (Lipinski definition) is 4. The molecule has 0 bridgehead atoms. The molecule has 1 aromatic heterocycles. The van der Waals surface area contributed by atoms with Crippen LogP contribution in [0.5, 0.6) is 0 Å². The third-order valence-electron chi connectivity index (χ3n) is 4.97. The van der Waals surface area contributed by atoms with Crippen LogP contribution in [0.4, 0.5) is 0 Å². The molecular formula is C20H25N3O3S. The number of carbonyl (C=O) groups excluding carboxylic acids is 1. The van der Waals surface area contributed by atoms with Gasteiger partial charge in [-0.1, -0.05) is 31.9 Å². The third-order valence-corrected chi connectivity index (χ3v) is 6.89. The fourth-order valence-electron chi connectivity index (χ4n) is 3.34. The van der Waals surface area contributed by atoms with Crippen LogP contribution < -0.4 is 0 Å². The quantitative estimate of drug-likeness (QED) is 0.764. The molecule has 1 fully saturated rings. The summed E-state index contributed by atoms with van der Waals surface area (Å²) in [6.07, 6.45) is 5.69. The van der Waals surface area contributed by atoms with Crippen molar-refractivity contribution in [3.05, 3.63) is 48.8 Å². The third kappa shape index (κ3) is 4.04. The van der Waals surface area contributed by atoms with E-state index in [4.69, 9.17) is 0 Å². The number of pyridine rings is 1. The van der Waals surface area contributed by atoms with E-state index in [-0.39, 0.29) is 10.8 Å². The second kappa shape index (κ2) is 8.19. The number of aromatic nitrogens is 1. The average molecular weight is 388 g/mol. The monoisotopic (exact) mass is 387 g/mol. The highest BCUT2D eigenvalue weighted by atomic mass is 32.2. The minimum Gasteiger partial charge on any atom is -0.343 e. The highest BCUT2D eigenvalue weighted by molar-refractivity contribution is 7.89. The van der Waals surface area contributed by atoms with Crippen LogP contribution in [0.3, 0.4) is 0 Å². The zero-order valence-electron chi connectivity index (χ0n) is 15.7. The fourth-order valence-corrected chi connectivity index (χ4v) is 4.95. The van der Waals surface area contributed by atoms with Gasteiger partial charge in [0.15, 0.2) is 0 Å². The van der Waals surface area contributed by atoms with E-state index < -0.39 is 16.1 Å².